The molecule has 0 saturated heterocycles. The average molecular weight is 697 g/mol. The summed E-state index contributed by atoms with van der Waals surface area (Å²) in [5, 5.41) is 2.54. The van der Waals surface area contributed by atoms with E-state index in [-0.39, 0.29) is 0 Å². The maximum atomic E-state index is 6.93. The van der Waals surface area contributed by atoms with Crippen molar-refractivity contribution in [1.29, 1.82) is 0 Å². The van der Waals surface area contributed by atoms with Crippen LogP contribution in [0.5, 0.6) is 11.5 Å². The Morgan fingerprint density at radius 2 is 0.673 bits per heavy atom. The largest absolute Gasteiger partial charge is 0.457 e. The summed E-state index contributed by atoms with van der Waals surface area (Å²) in [6, 6.07) is 72.4. The monoisotopic (exact) mass is 696 g/mol. The molecule has 4 aliphatic rings. The summed E-state index contributed by atoms with van der Waals surface area (Å²) in [6.45, 7) is 0. The van der Waals surface area contributed by atoms with E-state index in [0.717, 1.165) is 17.1 Å². The lowest BCUT2D eigenvalue weighted by Crippen LogP contribution is -2.32. The zero-order chi connectivity index (χ0) is 35.9. The standard InChI is InChI=1S/C54H32O/c1-2-14-34-30-50-42(29-33(34)13-1)41-27-25-35(31-49(41)54(50)45-21-9-5-17-39(45)40-18-6-10-22-46(40)54)36-26-28-48-52(32-36)55-51-24-12-11-23-47(51)53(48)43-19-7-3-15-37(43)38-16-4-8-20-44(38)53/h1-32H. The van der Waals surface area contributed by atoms with Crippen LogP contribution < -0.4 is 4.74 Å². The van der Waals surface area contributed by atoms with Crippen LogP contribution in [-0.4, -0.2) is 0 Å². The molecule has 0 bridgehead atoms. The van der Waals surface area contributed by atoms with E-state index in [0.29, 0.717) is 0 Å². The summed E-state index contributed by atoms with van der Waals surface area (Å²) in [4.78, 5) is 0. The first-order valence-electron chi connectivity index (χ1n) is 19.3. The summed E-state index contributed by atoms with van der Waals surface area (Å²) in [5.74, 6) is 1.82. The third-order valence-corrected chi connectivity index (χ3v) is 13.1. The average Bonchev–Trinajstić information content (AvgIpc) is 3.83. The maximum absolute atomic E-state index is 6.93. The fourth-order valence-corrected chi connectivity index (χ4v) is 11.0. The van der Waals surface area contributed by atoms with Crippen LogP contribution in [-0.2, 0) is 10.8 Å². The van der Waals surface area contributed by atoms with Gasteiger partial charge in [0.15, 0.2) is 0 Å². The first-order chi connectivity index (χ1) is 27.3. The molecule has 0 saturated carbocycles. The third kappa shape index (κ3) is 3.50. The fraction of sp³-hybridized carbons (Fsp3) is 0.0370. The Kier molecular flexibility index (Phi) is 5.56. The molecular formula is C54H32O. The molecule has 1 aliphatic heterocycles. The predicted octanol–water partition coefficient (Wildman–Crippen LogP) is 13.3. The molecule has 0 fully saturated rings. The van der Waals surface area contributed by atoms with Gasteiger partial charge in [-0.2, -0.15) is 0 Å². The van der Waals surface area contributed by atoms with Crippen molar-refractivity contribution < 1.29 is 4.74 Å². The zero-order valence-electron chi connectivity index (χ0n) is 29.9. The maximum Gasteiger partial charge on any atom is 0.132 e. The zero-order valence-corrected chi connectivity index (χ0v) is 29.9. The molecule has 13 rings (SSSR count). The minimum atomic E-state index is -0.473. The summed E-state index contributed by atoms with van der Waals surface area (Å²) in [6.07, 6.45) is 0. The Bertz CT molecular complexity index is 3050. The molecule has 0 radical (unpaired) electrons. The van der Waals surface area contributed by atoms with Gasteiger partial charge >= 0.3 is 0 Å². The molecule has 1 heteroatoms. The lowest BCUT2D eigenvalue weighted by atomic mass is 9.66. The van der Waals surface area contributed by atoms with E-state index >= 15 is 0 Å². The smallest absolute Gasteiger partial charge is 0.132 e. The van der Waals surface area contributed by atoms with Crippen molar-refractivity contribution in [2.45, 2.75) is 10.8 Å². The number of para-hydroxylation sites is 1. The van der Waals surface area contributed by atoms with E-state index in [4.69, 9.17) is 4.74 Å². The van der Waals surface area contributed by atoms with Crippen LogP contribution in [0.15, 0.2) is 194 Å². The number of hydrogen-bond donors (Lipinski definition) is 0. The predicted molar refractivity (Wildman–Crippen MR) is 223 cm³/mol. The van der Waals surface area contributed by atoms with E-state index in [1.807, 2.05) is 0 Å². The van der Waals surface area contributed by atoms with Crippen LogP contribution in [0, 0.1) is 0 Å². The first-order valence-corrected chi connectivity index (χ1v) is 19.3. The molecule has 9 aromatic rings. The van der Waals surface area contributed by atoms with Gasteiger partial charge in [-0.15, -0.1) is 0 Å². The van der Waals surface area contributed by atoms with Gasteiger partial charge in [0.25, 0.3) is 0 Å². The molecule has 0 unspecified atom stereocenters. The highest BCUT2D eigenvalue weighted by atomic mass is 16.5. The van der Waals surface area contributed by atoms with Crippen LogP contribution in [0.3, 0.4) is 0 Å². The lowest BCUT2D eigenvalue weighted by Gasteiger charge is -2.39. The molecule has 3 aliphatic carbocycles. The van der Waals surface area contributed by atoms with Crippen molar-refractivity contribution in [1.82, 2.24) is 0 Å². The van der Waals surface area contributed by atoms with Gasteiger partial charge in [-0.3, -0.25) is 0 Å². The number of hydrogen-bond acceptors (Lipinski definition) is 1. The molecule has 0 amide bonds. The van der Waals surface area contributed by atoms with Crippen LogP contribution >= 0.6 is 0 Å². The second-order valence-corrected chi connectivity index (χ2v) is 15.5. The molecular weight excluding hydrogens is 665 g/mol. The molecule has 2 spiro atoms. The van der Waals surface area contributed by atoms with Gasteiger partial charge in [-0.25, -0.2) is 0 Å². The topological polar surface area (TPSA) is 9.23 Å². The highest BCUT2D eigenvalue weighted by Crippen LogP contribution is 2.65. The van der Waals surface area contributed by atoms with Crippen molar-refractivity contribution in [3.05, 3.63) is 239 Å². The van der Waals surface area contributed by atoms with Gasteiger partial charge in [0.2, 0.25) is 0 Å². The molecule has 1 heterocycles. The Morgan fingerprint density at radius 1 is 0.255 bits per heavy atom. The summed E-state index contributed by atoms with van der Waals surface area (Å²) in [7, 11) is 0. The van der Waals surface area contributed by atoms with Gasteiger partial charge in [0.05, 0.1) is 10.8 Å². The highest BCUT2D eigenvalue weighted by Gasteiger charge is 2.53. The van der Waals surface area contributed by atoms with Gasteiger partial charge < -0.3 is 4.74 Å². The van der Waals surface area contributed by atoms with Crippen LogP contribution in [0.2, 0.25) is 0 Å². The quantitative estimate of drug-likeness (QED) is 0.166. The van der Waals surface area contributed by atoms with E-state index in [1.54, 1.807) is 0 Å². The molecule has 9 aromatic carbocycles. The van der Waals surface area contributed by atoms with Crippen molar-refractivity contribution in [3.8, 4) is 56.0 Å². The molecule has 0 atom stereocenters. The number of rotatable bonds is 1. The van der Waals surface area contributed by atoms with Crippen LogP contribution in [0.1, 0.15) is 44.5 Å². The number of benzene rings is 9. The van der Waals surface area contributed by atoms with Crippen LogP contribution in [0.25, 0.3) is 55.3 Å². The molecule has 0 N–H and O–H groups in total. The lowest BCUT2D eigenvalue weighted by molar-refractivity contribution is 0.436. The SMILES string of the molecule is c1ccc2c(c1)Oc1cc(-c3ccc4c(c3)C3(c5ccccc5-c5ccccc53)c3cc5ccccc5cc3-4)ccc1C21c2ccccc2-c2ccccc21. The van der Waals surface area contributed by atoms with Crippen molar-refractivity contribution in [3.63, 3.8) is 0 Å². The van der Waals surface area contributed by atoms with Crippen molar-refractivity contribution >= 4 is 10.8 Å². The fourth-order valence-electron chi connectivity index (χ4n) is 11.0. The summed E-state index contributed by atoms with van der Waals surface area (Å²) in [5.41, 5.74) is 19.7. The van der Waals surface area contributed by atoms with Gasteiger partial charge in [0.1, 0.15) is 11.5 Å². The Labute approximate surface area is 319 Å². The third-order valence-electron chi connectivity index (χ3n) is 13.1. The number of ether oxygens (including phenoxy) is 1. The van der Waals surface area contributed by atoms with E-state index in [1.165, 1.54) is 94.2 Å². The molecule has 55 heavy (non-hydrogen) atoms. The van der Waals surface area contributed by atoms with Gasteiger partial charge in [0, 0.05) is 11.1 Å². The van der Waals surface area contributed by atoms with E-state index < -0.39 is 10.8 Å². The normalized spacial score (nSPS) is 15.0. The van der Waals surface area contributed by atoms with Crippen molar-refractivity contribution in [2.75, 3.05) is 0 Å². The van der Waals surface area contributed by atoms with E-state index in [9.17, 15) is 0 Å². The first kappa shape index (κ1) is 29.5. The van der Waals surface area contributed by atoms with Gasteiger partial charge in [-0.1, -0.05) is 164 Å². The molecule has 0 aromatic heterocycles. The second-order valence-electron chi connectivity index (χ2n) is 15.5. The second kappa shape index (κ2) is 10.4. The van der Waals surface area contributed by atoms with E-state index in [2.05, 4.69) is 194 Å². The minimum absolute atomic E-state index is 0.428. The Balaban J connectivity index is 1.06. The summed E-state index contributed by atoms with van der Waals surface area (Å²) < 4.78 is 6.93. The molecule has 1 nitrogen and oxygen atoms in total. The van der Waals surface area contributed by atoms with Gasteiger partial charge in [-0.05, 0) is 119 Å². The minimum Gasteiger partial charge on any atom is -0.457 e. The van der Waals surface area contributed by atoms with Crippen LogP contribution in [0.4, 0.5) is 0 Å². The highest BCUT2D eigenvalue weighted by molar-refractivity contribution is 6.00. The number of fused-ring (bicyclic) bond motifs is 20. The summed E-state index contributed by atoms with van der Waals surface area (Å²) >= 11 is 0. The Hall–Kier alpha value is -6.96. The Morgan fingerprint density at radius 3 is 1.29 bits per heavy atom. The van der Waals surface area contributed by atoms with Crippen molar-refractivity contribution in [2.24, 2.45) is 0 Å². The molecule has 254 valence electrons.